The summed E-state index contributed by atoms with van der Waals surface area (Å²) in [5, 5.41) is 2.41. The van der Waals surface area contributed by atoms with E-state index in [2.05, 4.69) is 74.5 Å². The molecule has 3 aromatic rings. The number of rotatable bonds is 2. The second-order valence-corrected chi connectivity index (χ2v) is 5.73. The molecule has 0 aliphatic carbocycles. The van der Waals surface area contributed by atoms with Gasteiger partial charge in [0, 0.05) is 0 Å². The van der Waals surface area contributed by atoms with Crippen LogP contribution in [0.5, 0.6) is 0 Å². The molecule has 0 heterocycles. The highest BCUT2D eigenvalue weighted by Gasteiger charge is 2.14. The Kier molecular flexibility index (Phi) is 3.50. The third-order valence-corrected chi connectivity index (χ3v) is 4.31. The number of aryl methyl sites for hydroxylation is 2. The predicted octanol–water partition coefficient (Wildman–Crippen LogP) is 5.78. The average molecular weight is 281 g/mol. The largest absolute Gasteiger partial charge is 0.113 e. The lowest BCUT2D eigenvalue weighted by Crippen LogP contribution is -1.95. The van der Waals surface area contributed by atoms with Gasteiger partial charge in [-0.1, -0.05) is 66.2 Å². The lowest BCUT2D eigenvalue weighted by molar-refractivity contribution is 1.15. The van der Waals surface area contributed by atoms with Gasteiger partial charge in [-0.05, 0) is 41.3 Å². The highest BCUT2D eigenvalue weighted by Crippen LogP contribution is 2.34. The van der Waals surface area contributed by atoms with Crippen LogP contribution < -0.4 is 0 Å². The smallest absolute Gasteiger partial charge is 0.0841 e. The lowest BCUT2D eigenvalue weighted by atomic mass is 9.95. The summed E-state index contributed by atoms with van der Waals surface area (Å²) in [5.74, 6) is 0. The second-order valence-electron chi connectivity index (χ2n) is 5.29. The molecule has 0 aromatic heterocycles. The minimum atomic E-state index is -0.110. The van der Waals surface area contributed by atoms with E-state index in [1.807, 2.05) is 0 Å². The van der Waals surface area contributed by atoms with E-state index in [9.17, 15) is 0 Å². The number of halogens is 1. The molecule has 1 unspecified atom stereocenters. The van der Waals surface area contributed by atoms with Crippen molar-refractivity contribution < 1.29 is 0 Å². The molecule has 3 aromatic carbocycles. The Labute approximate surface area is 125 Å². The molecule has 0 saturated heterocycles. The van der Waals surface area contributed by atoms with E-state index >= 15 is 0 Å². The molecule has 0 bridgehead atoms. The fourth-order valence-electron chi connectivity index (χ4n) is 2.61. The molecule has 0 spiro atoms. The van der Waals surface area contributed by atoms with Crippen LogP contribution in [0, 0.1) is 13.8 Å². The van der Waals surface area contributed by atoms with Crippen molar-refractivity contribution in [3.05, 3.63) is 82.9 Å². The van der Waals surface area contributed by atoms with Crippen molar-refractivity contribution in [3.8, 4) is 0 Å². The van der Waals surface area contributed by atoms with Crippen LogP contribution in [0.15, 0.2) is 60.7 Å². The van der Waals surface area contributed by atoms with Crippen molar-refractivity contribution in [1.82, 2.24) is 0 Å². The van der Waals surface area contributed by atoms with E-state index in [0.29, 0.717) is 0 Å². The number of alkyl halides is 1. The van der Waals surface area contributed by atoms with Crippen LogP contribution in [0.1, 0.15) is 27.6 Å². The Balaban J connectivity index is 2.14. The molecule has 0 aliphatic heterocycles. The van der Waals surface area contributed by atoms with Gasteiger partial charge in [-0.3, -0.25) is 0 Å². The minimum Gasteiger partial charge on any atom is -0.113 e. The first-order chi connectivity index (χ1) is 9.66. The predicted molar refractivity (Wildman–Crippen MR) is 87.6 cm³/mol. The normalized spacial score (nSPS) is 12.6. The van der Waals surface area contributed by atoms with Crippen molar-refractivity contribution in [1.29, 1.82) is 0 Å². The molecule has 0 saturated carbocycles. The van der Waals surface area contributed by atoms with Crippen LogP contribution >= 0.6 is 11.6 Å². The number of fused-ring (bicyclic) bond motifs is 1. The fourth-order valence-corrected chi connectivity index (χ4v) is 2.94. The third-order valence-electron chi connectivity index (χ3n) is 3.82. The molecule has 0 amide bonds. The van der Waals surface area contributed by atoms with E-state index in [-0.39, 0.29) is 5.38 Å². The van der Waals surface area contributed by atoms with Gasteiger partial charge < -0.3 is 0 Å². The fraction of sp³-hybridized carbons (Fsp3) is 0.158. The first kappa shape index (κ1) is 13.2. The second kappa shape index (κ2) is 5.30. The molecule has 0 N–H and O–H groups in total. The van der Waals surface area contributed by atoms with Crippen LogP contribution in [0.4, 0.5) is 0 Å². The third kappa shape index (κ3) is 2.32. The Morgan fingerprint density at radius 2 is 1.40 bits per heavy atom. The van der Waals surface area contributed by atoms with E-state index in [1.54, 1.807) is 0 Å². The molecule has 0 fully saturated rings. The van der Waals surface area contributed by atoms with Crippen LogP contribution in [-0.2, 0) is 0 Å². The van der Waals surface area contributed by atoms with Crippen molar-refractivity contribution in [3.63, 3.8) is 0 Å². The standard InChI is InChI=1S/C19H17Cl/c1-13-7-10-15(11-8-13)19(20)18-12-9-14(2)16-5-3-4-6-17(16)18/h3-12,19H,1-2H3. The number of hydrogen-bond donors (Lipinski definition) is 0. The molecule has 20 heavy (non-hydrogen) atoms. The van der Waals surface area contributed by atoms with Crippen LogP contribution in [0.3, 0.4) is 0 Å². The highest BCUT2D eigenvalue weighted by atomic mass is 35.5. The van der Waals surface area contributed by atoms with E-state index < -0.39 is 0 Å². The van der Waals surface area contributed by atoms with Gasteiger partial charge >= 0.3 is 0 Å². The van der Waals surface area contributed by atoms with Crippen molar-refractivity contribution in [2.45, 2.75) is 19.2 Å². The van der Waals surface area contributed by atoms with Crippen molar-refractivity contribution in [2.24, 2.45) is 0 Å². The molecule has 0 aliphatic rings. The monoisotopic (exact) mass is 280 g/mol. The van der Waals surface area contributed by atoms with Crippen molar-refractivity contribution >= 4 is 22.4 Å². The van der Waals surface area contributed by atoms with Gasteiger partial charge in [0.25, 0.3) is 0 Å². The molecule has 0 radical (unpaired) electrons. The lowest BCUT2D eigenvalue weighted by Gasteiger charge is -2.15. The molecule has 1 atom stereocenters. The van der Waals surface area contributed by atoms with Gasteiger partial charge in [0.05, 0.1) is 5.38 Å². The maximum absolute atomic E-state index is 6.72. The quantitative estimate of drug-likeness (QED) is 0.522. The maximum Gasteiger partial charge on any atom is 0.0841 e. The number of hydrogen-bond acceptors (Lipinski definition) is 0. The van der Waals surface area contributed by atoms with Gasteiger partial charge in [0.1, 0.15) is 0 Å². The van der Waals surface area contributed by atoms with Crippen LogP contribution in [0.25, 0.3) is 10.8 Å². The molecule has 0 nitrogen and oxygen atoms in total. The van der Waals surface area contributed by atoms with E-state index in [4.69, 9.17) is 11.6 Å². The maximum atomic E-state index is 6.72. The Morgan fingerprint density at radius 1 is 0.750 bits per heavy atom. The summed E-state index contributed by atoms with van der Waals surface area (Å²) in [4.78, 5) is 0. The zero-order valence-corrected chi connectivity index (χ0v) is 12.5. The first-order valence-corrected chi connectivity index (χ1v) is 7.29. The number of benzene rings is 3. The van der Waals surface area contributed by atoms with Crippen molar-refractivity contribution in [2.75, 3.05) is 0 Å². The Morgan fingerprint density at radius 3 is 2.10 bits per heavy atom. The summed E-state index contributed by atoms with van der Waals surface area (Å²) in [6.07, 6.45) is 0. The first-order valence-electron chi connectivity index (χ1n) is 6.85. The van der Waals surface area contributed by atoms with E-state index in [1.165, 1.54) is 27.5 Å². The molecular weight excluding hydrogens is 264 g/mol. The van der Waals surface area contributed by atoms with E-state index in [0.717, 1.165) is 5.56 Å². The summed E-state index contributed by atoms with van der Waals surface area (Å²) in [6, 6.07) is 21.2. The Hall–Kier alpha value is -1.79. The van der Waals surface area contributed by atoms with Gasteiger partial charge in [0.15, 0.2) is 0 Å². The molecule has 1 heteroatoms. The SMILES string of the molecule is Cc1ccc(C(Cl)c2ccc(C)c3ccccc23)cc1. The summed E-state index contributed by atoms with van der Waals surface area (Å²) in [7, 11) is 0. The summed E-state index contributed by atoms with van der Waals surface area (Å²) >= 11 is 6.72. The zero-order chi connectivity index (χ0) is 14.1. The van der Waals surface area contributed by atoms with Gasteiger partial charge in [-0.15, -0.1) is 11.6 Å². The molecule has 3 rings (SSSR count). The summed E-state index contributed by atoms with van der Waals surface area (Å²) < 4.78 is 0. The van der Waals surface area contributed by atoms with Gasteiger partial charge in [0.2, 0.25) is 0 Å². The van der Waals surface area contributed by atoms with Crippen LogP contribution in [0.2, 0.25) is 0 Å². The molecule has 100 valence electrons. The van der Waals surface area contributed by atoms with Gasteiger partial charge in [-0.2, -0.15) is 0 Å². The summed E-state index contributed by atoms with van der Waals surface area (Å²) in [5.41, 5.74) is 4.87. The average Bonchev–Trinajstić information content (AvgIpc) is 2.48. The highest BCUT2D eigenvalue weighted by molar-refractivity contribution is 6.23. The van der Waals surface area contributed by atoms with Crippen LogP contribution in [-0.4, -0.2) is 0 Å². The minimum absolute atomic E-state index is 0.110. The van der Waals surface area contributed by atoms with Gasteiger partial charge in [-0.25, -0.2) is 0 Å². The zero-order valence-electron chi connectivity index (χ0n) is 11.7. The summed E-state index contributed by atoms with van der Waals surface area (Å²) in [6.45, 7) is 4.23. The Bertz CT molecular complexity index is 741. The topological polar surface area (TPSA) is 0 Å². The molecular formula is C19H17Cl.